The van der Waals surface area contributed by atoms with E-state index in [0.717, 1.165) is 10.5 Å². The number of rotatable bonds is 6. The first-order valence-corrected chi connectivity index (χ1v) is 9.95. The molecule has 8 nitrogen and oxygen atoms in total. The number of anilines is 1. The summed E-state index contributed by atoms with van der Waals surface area (Å²) in [5.41, 5.74) is 2.03. The number of carbonyl (C=O) groups excluding carboxylic acids is 3. The van der Waals surface area contributed by atoms with Crippen molar-refractivity contribution in [1.82, 2.24) is 9.88 Å². The highest BCUT2D eigenvalue weighted by molar-refractivity contribution is 6.23. The third-order valence-electron chi connectivity index (χ3n) is 5.13. The maximum absolute atomic E-state index is 12.7. The molecule has 1 N–H and O–H groups in total. The first-order chi connectivity index (χ1) is 15.4. The van der Waals surface area contributed by atoms with E-state index in [1.165, 1.54) is 13.1 Å². The fraction of sp³-hybridized carbons (Fsp3) is 0.167. The zero-order valence-corrected chi connectivity index (χ0v) is 17.8. The summed E-state index contributed by atoms with van der Waals surface area (Å²) >= 11 is 0. The second kappa shape index (κ2) is 8.50. The maximum atomic E-state index is 12.7. The van der Waals surface area contributed by atoms with E-state index in [2.05, 4.69) is 10.3 Å². The normalized spacial score (nSPS) is 13.5. The average molecular weight is 431 g/mol. The molecule has 4 rings (SSSR count). The number of nitrogens with one attached hydrogen (secondary N) is 1. The van der Waals surface area contributed by atoms with Crippen molar-refractivity contribution in [2.45, 2.75) is 19.9 Å². The Kier molecular flexibility index (Phi) is 5.59. The van der Waals surface area contributed by atoms with Gasteiger partial charge in [-0.2, -0.15) is 0 Å². The Labute approximate surface area is 184 Å². The number of hydrogen-bond acceptors (Lipinski definition) is 6. The zero-order chi connectivity index (χ0) is 22.8. The van der Waals surface area contributed by atoms with Gasteiger partial charge in [0.05, 0.1) is 30.1 Å². The highest BCUT2D eigenvalue weighted by Crippen LogP contribution is 2.31. The van der Waals surface area contributed by atoms with Gasteiger partial charge < -0.3 is 14.8 Å². The van der Waals surface area contributed by atoms with Gasteiger partial charge in [-0.1, -0.05) is 18.2 Å². The van der Waals surface area contributed by atoms with Crippen LogP contribution in [0.3, 0.4) is 0 Å². The van der Waals surface area contributed by atoms with Crippen molar-refractivity contribution < 1.29 is 23.9 Å². The van der Waals surface area contributed by atoms with Crippen molar-refractivity contribution in [3.63, 3.8) is 0 Å². The summed E-state index contributed by atoms with van der Waals surface area (Å²) < 4.78 is 11.1. The van der Waals surface area contributed by atoms with Gasteiger partial charge in [0, 0.05) is 6.07 Å². The summed E-state index contributed by atoms with van der Waals surface area (Å²) in [6.45, 7) is 3.45. The molecule has 1 unspecified atom stereocenters. The van der Waals surface area contributed by atoms with Crippen molar-refractivity contribution in [3.05, 3.63) is 77.5 Å². The zero-order valence-electron chi connectivity index (χ0n) is 17.8. The number of aryl methyl sites for hydroxylation is 1. The van der Waals surface area contributed by atoms with E-state index in [0.29, 0.717) is 34.2 Å². The Balaban J connectivity index is 1.43. The molecule has 1 aliphatic rings. The van der Waals surface area contributed by atoms with E-state index in [1.807, 2.05) is 19.1 Å². The molecule has 0 saturated carbocycles. The molecule has 8 heteroatoms. The fourth-order valence-corrected chi connectivity index (χ4v) is 3.41. The molecule has 0 bridgehead atoms. The van der Waals surface area contributed by atoms with Crippen molar-refractivity contribution in [2.75, 3.05) is 12.4 Å². The van der Waals surface area contributed by atoms with Crippen LogP contribution in [0.4, 0.5) is 5.69 Å². The summed E-state index contributed by atoms with van der Waals surface area (Å²) in [6.07, 6.45) is 1.43. The molecule has 2 aromatic carbocycles. The average Bonchev–Trinajstić information content (AvgIpc) is 3.06. The molecule has 162 valence electrons. The Morgan fingerprint density at radius 3 is 2.28 bits per heavy atom. The minimum atomic E-state index is -0.991. The highest BCUT2D eigenvalue weighted by Gasteiger charge is 2.40. The molecule has 0 saturated heterocycles. The number of methoxy groups -OCH3 is 1. The largest absolute Gasteiger partial charge is 0.493 e. The lowest BCUT2D eigenvalue weighted by Crippen LogP contribution is -2.45. The Bertz CT molecular complexity index is 1170. The summed E-state index contributed by atoms with van der Waals surface area (Å²) in [5.74, 6) is -0.0568. The van der Waals surface area contributed by atoms with Crippen molar-refractivity contribution in [2.24, 2.45) is 0 Å². The van der Waals surface area contributed by atoms with Gasteiger partial charge in [-0.15, -0.1) is 0 Å². The van der Waals surface area contributed by atoms with Crippen LogP contribution in [0.25, 0.3) is 0 Å². The fourth-order valence-electron chi connectivity index (χ4n) is 3.41. The van der Waals surface area contributed by atoms with Crippen LogP contribution in [0, 0.1) is 6.92 Å². The number of amides is 3. The van der Waals surface area contributed by atoms with Gasteiger partial charge in [0.15, 0.2) is 11.5 Å². The van der Waals surface area contributed by atoms with Crippen molar-refractivity contribution >= 4 is 23.4 Å². The predicted octanol–water partition coefficient (Wildman–Crippen LogP) is 3.81. The smallest absolute Gasteiger partial charge is 0.262 e. The Hall–Kier alpha value is -4.20. The summed E-state index contributed by atoms with van der Waals surface area (Å²) in [4.78, 5) is 43.0. The van der Waals surface area contributed by atoms with Crippen LogP contribution in [0.15, 0.2) is 60.8 Å². The first kappa shape index (κ1) is 21.0. The van der Waals surface area contributed by atoms with Gasteiger partial charge in [-0.25, -0.2) is 4.98 Å². The van der Waals surface area contributed by atoms with Crippen molar-refractivity contribution in [3.8, 4) is 17.4 Å². The second-order valence-electron chi connectivity index (χ2n) is 7.33. The van der Waals surface area contributed by atoms with Crippen LogP contribution in [0.5, 0.6) is 17.4 Å². The molecule has 3 aromatic rings. The number of pyridine rings is 1. The van der Waals surface area contributed by atoms with E-state index < -0.39 is 23.8 Å². The van der Waals surface area contributed by atoms with E-state index in [9.17, 15) is 14.4 Å². The molecule has 0 spiro atoms. The van der Waals surface area contributed by atoms with Crippen LogP contribution >= 0.6 is 0 Å². The third-order valence-corrected chi connectivity index (χ3v) is 5.13. The molecule has 0 radical (unpaired) electrons. The Morgan fingerprint density at radius 2 is 1.69 bits per heavy atom. The predicted molar refractivity (Wildman–Crippen MR) is 117 cm³/mol. The number of benzene rings is 2. The number of hydrogen-bond donors (Lipinski definition) is 1. The van der Waals surface area contributed by atoms with E-state index in [1.54, 1.807) is 49.6 Å². The molecule has 1 aromatic heterocycles. The Morgan fingerprint density at radius 1 is 1.00 bits per heavy atom. The van der Waals surface area contributed by atoms with Crippen molar-refractivity contribution in [1.29, 1.82) is 0 Å². The van der Waals surface area contributed by atoms with Crippen LogP contribution in [0.1, 0.15) is 33.2 Å². The van der Waals surface area contributed by atoms with Crippen LogP contribution < -0.4 is 14.8 Å². The maximum Gasteiger partial charge on any atom is 0.262 e. The first-order valence-electron chi connectivity index (χ1n) is 9.95. The summed E-state index contributed by atoms with van der Waals surface area (Å²) in [7, 11) is 1.56. The number of ether oxygens (including phenoxy) is 2. The minimum Gasteiger partial charge on any atom is -0.493 e. The highest BCUT2D eigenvalue weighted by atomic mass is 16.5. The molecule has 32 heavy (non-hydrogen) atoms. The standard InChI is InChI=1S/C24H21N3O5/c1-14-8-10-19(20(12-14)31-3)32-21-11-9-16(13-25-21)26-22(28)15(2)27-23(29)17-6-4-5-7-18(17)24(27)30/h4-13,15H,1-3H3,(H,26,28). The molecular weight excluding hydrogens is 410 g/mol. The lowest BCUT2D eigenvalue weighted by atomic mass is 10.1. The van der Waals surface area contributed by atoms with E-state index in [4.69, 9.17) is 9.47 Å². The summed E-state index contributed by atoms with van der Waals surface area (Å²) in [6, 6.07) is 14.3. The monoisotopic (exact) mass is 431 g/mol. The van der Waals surface area contributed by atoms with E-state index in [-0.39, 0.29) is 0 Å². The number of carbonyl (C=O) groups is 3. The quantitative estimate of drug-likeness (QED) is 0.596. The lowest BCUT2D eigenvalue weighted by Gasteiger charge is -2.21. The van der Waals surface area contributed by atoms with Gasteiger partial charge in [-0.3, -0.25) is 19.3 Å². The van der Waals surface area contributed by atoms with E-state index >= 15 is 0 Å². The summed E-state index contributed by atoms with van der Waals surface area (Å²) in [5, 5.41) is 2.68. The molecule has 1 aliphatic heterocycles. The topological polar surface area (TPSA) is 97.8 Å². The number of aromatic nitrogens is 1. The third kappa shape index (κ3) is 3.90. The molecular formula is C24H21N3O5. The van der Waals surface area contributed by atoms with Crippen LogP contribution in [0.2, 0.25) is 0 Å². The molecule has 0 fully saturated rings. The van der Waals surface area contributed by atoms with Gasteiger partial charge >= 0.3 is 0 Å². The number of imide groups is 1. The molecule has 0 aliphatic carbocycles. The van der Waals surface area contributed by atoms with Crippen LogP contribution in [-0.4, -0.2) is 40.8 Å². The molecule has 2 heterocycles. The lowest BCUT2D eigenvalue weighted by molar-refractivity contribution is -0.119. The molecule has 1 atom stereocenters. The van der Waals surface area contributed by atoms with Gasteiger partial charge in [0.25, 0.3) is 11.8 Å². The number of nitrogens with zero attached hydrogens (tertiary/aromatic N) is 2. The van der Waals surface area contributed by atoms with Gasteiger partial charge in [0.1, 0.15) is 6.04 Å². The SMILES string of the molecule is COc1cc(C)ccc1Oc1ccc(NC(=O)C(C)N2C(=O)c3ccccc3C2=O)cn1. The molecule has 3 amide bonds. The van der Waals surface area contributed by atoms with Gasteiger partial charge in [0.2, 0.25) is 11.8 Å². The van der Waals surface area contributed by atoms with Crippen LogP contribution in [-0.2, 0) is 4.79 Å². The number of fused-ring (bicyclic) bond motifs is 1. The second-order valence-corrected chi connectivity index (χ2v) is 7.33. The van der Waals surface area contributed by atoms with Gasteiger partial charge in [-0.05, 0) is 49.7 Å². The minimum absolute atomic E-state index is 0.298.